The van der Waals surface area contributed by atoms with Crippen LogP contribution in [0.4, 0.5) is 0 Å². The predicted octanol–water partition coefficient (Wildman–Crippen LogP) is 2.78. The first kappa shape index (κ1) is 14.3. The van der Waals surface area contributed by atoms with Crippen LogP contribution >= 0.6 is 23.2 Å². The summed E-state index contributed by atoms with van der Waals surface area (Å²) in [5.74, 6) is 5.65. The van der Waals surface area contributed by atoms with Crippen molar-refractivity contribution in [3.8, 4) is 0 Å². The Morgan fingerprint density at radius 2 is 2.11 bits per heavy atom. The van der Waals surface area contributed by atoms with Gasteiger partial charge in [-0.1, -0.05) is 29.3 Å². The van der Waals surface area contributed by atoms with Crippen LogP contribution in [0.2, 0.25) is 10.0 Å². The lowest BCUT2D eigenvalue weighted by Crippen LogP contribution is -2.30. The van der Waals surface area contributed by atoms with Crippen molar-refractivity contribution in [1.82, 2.24) is 15.2 Å². The number of rotatable bonds is 4. The second-order valence-corrected chi connectivity index (χ2v) is 5.33. The molecule has 0 aliphatic carbocycles. The van der Waals surface area contributed by atoms with Crippen molar-refractivity contribution in [3.63, 3.8) is 0 Å². The van der Waals surface area contributed by atoms with Crippen LogP contribution < -0.4 is 11.3 Å². The lowest BCUT2D eigenvalue weighted by atomic mass is 10.0. The molecule has 2 aromatic rings. The Labute approximate surface area is 122 Å². The number of aromatic nitrogens is 2. The van der Waals surface area contributed by atoms with Crippen molar-refractivity contribution in [2.45, 2.75) is 19.4 Å². The van der Waals surface area contributed by atoms with E-state index in [2.05, 4.69) is 10.5 Å². The van der Waals surface area contributed by atoms with E-state index >= 15 is 0 Å². The Morgan fingerprint density at radius 1 is 1.37 bits per heavy atom. The summed E-state index contributed by atoms with van der Waals surface area (Å²) in [6, 6.07) is 7.37. The maximum atomic E-state index is 6.21. The molecule has 19 heavy (non-hydrogen) atoms. The SMILES string of the molecule is Cc1cc(CC(NN)c2ccc(Cl)cc2Cl)n(C)n1. The standard InChI is InChI=1S/C13H16Cl2N4/c1-8-5-10(19(2)18-8)7-13(17-16)11-4-3-9(14)6-12(11)15/h3-6,13,17H,7,16H2,1-2H3. The number of benzene rings is 1. The second-order valence-electron chi connectivity index (χ2n) is 4.49. The Bertz CT molecular complexity index is 580. The first-order valence-corrected chi connectivity index (χ1v) is 6.67. The van der Waals surface area contributed by atoms with E-state index in [1.54, 1.807) is 6.07 Å². The zero-order valence-electron chi connectivity index (χ0n) is 10.8. The lowest BCUT2D eigenvalue weighted by Gasteiger charge is -2.18. The Balaban J connectivity index is 2.27. The summed E-state index contributed by atoms with van der Waals surface area (Å²) >= 11 is 12.1. The van der Waals surface area contributed by atoms with Crippen LogP contribution in [-0.4, -0.2) is 9.78 Å². The smallest absolute Gasteiger partial charge is 0.0596 e. The van der Waals surface area contributed by atoms with Crippen LogP contribution in [0.25, 0.3) is 0 Å². The Kier molecular flexibility index (Phi) is 4.47. The van der Waals surface area contributed by atoms with E-state index in [9.17, 15) is 0 Å². The first-order valence-electron chi connectivity index (χ1n) is 5.92. The van der Waals surface area contributed by atoms with Crippen molar-refractivity contribution in [3.05, 3.63) is 51.3 Å². The molecule has 0 spiro atoms. The summed E-state index contributed by atoms with van der Waals surface area (Å²) in [7, 11) is 1.92. The van der Waals surface area contributed by atoms with E-state index in [1.165, 1.54) is 0 Å². The van der Waals surface area contributed by atoms with Gasteiger partial charge in [-0.2, -0.15) is 5.10 Å². The summed E-state index contributed by atoms with van der Waals surface area (Å²) < 4.78 is 1.85. The summed E-state index contributed by atoms with van der Waals surface area (Å²) in [6.07, 6.45) is 0.704. The molecular formula is C13H16Cl2N4. The molecule has 1 aromatic carbocycles. The third kappa shape index (κ3) is 3.28. The molecule has 0 bridgehead atoms. The summed E-state index contributed by atoms with van der Waals surface area (Å²) in [5.41, 5.74) is 5.79. The van der Waals surface area contributed by atoms with Gasteiger partial charge in [-0.05, 0) is 30.7 Å². The fourth-order valence-electron chi connectivity index (χ4n) is 2.11. The molecule has 0 saturated carbocycles. The van der Waals surface area contributed by atoms with E-state index in [4.69, 9.17) is 29.0 Å². The Morgan fingerprint density at radius 3 is 2.63 bits per heavy atom. The summed E-state index contributed by atoms with van der Waals surface area (Å²) in [4.78, 5) is 0. The fourth-order valence-corrected chi connectivity index (χ4v) is 2.65. The topological polar surface area (TPSA) is 55.9 Å². The fraction of sp³-hybridized carbons (Fsp3) is 0.308. The summed E-state index contributed by atoms with van der Waals surface area (Å²) in [6.45, 7) is 1.96. The van der Waals surface area contributed by atoms with E-state index in [0.29, 0.717) is 16.5 Å². The highest BCUT2D eigenvalue weighted by molar-refractivity contribution is 6.35. The largest absolute Gasteiger partial charge is 0.272 e. The maximum Gasteiger partial charge on any atom is 0.0596 e. The number of hydrogen-bond acceptors (Lipinski definition) is 3. The zero-order valence-corrected chi connectivity index (χ0v) is 12.3. The van der Waals surface area contributed by atoms with Gasteiger partial charge in [-0.25, -0.2) is 0 Å². The number of nitrogens with zero attached hydrogens (tertiary/aromatic N) is 2. The van der Waals surface area contributed by atoms with Gasteiger partial charge in [0.25, 0.3) is 0 Å². The van der Waals surface area contributed by atoms with Crippen molar-refractivity contribution in [2.24, 2.45) is 12.9 Å². The van der Waals surface area contributed by atoms with Crippen LogP contribution in [-0.2, 0) is 13.5 Å². The molecule has 6 heteroatoms. The highest BCUT2D eigenvalue weighted by atomic mass is 35.5. The van der Waals surface area contributed by atoms with Gasteiger partial charge in [0.05, 0.1) is 11.7 Å². The number of aryl methyl sites for hydroxylation is 2. The number of halogens is 2. The minimum Gasteiger partial charge on any atom is -0.272 e. The average molecular weight is 299 g/mol. The quantitative estimate of drug-likeness (QED) is 0.674. The van der Waals surface area contributed by atoms with Gasteiger partial charge in [0.1, 0.15) is 0 Å². The number of nitrogens with one attached hydrogen (secondary N) is 1. The zero-order chi connectivity index (χ0) is 14.0. The maximum absolute atomic E-state index is 6.21. The molecule has 1 atom stereocenters. The minimum atomic E-state index is -0.0837. The molecule has 0 fully saturated rings. The van der Waals surface area contributed by atoms with Gasteiger partial charge in [0.15, 0.2) is 0 Å². The van der Waals surface area contributed by atoms with E-state index in [1.807, 2.05) is 36.9 Å². The first-order chi connectivity index (χ1) is 9.01. The molecule has 0 amide bonds. The number of hydrazine groups is 1. The Hall–Kier alpha value is -1.07. The predicted molar refractivity (Wildman–Crippen MR) is 78.2 cm³/mol. The monoisotopic (exact) mass is 298 g/mol. The number of hydrogen-bond donors (Lipinski definition) is 2. The van der Waals surface area contributed by atoms with Crippen molar-refractivity contribution in [2.75, 3.05) is 0 Å². The van der Waals surface area contributed by atoms with Crippen LogP contribution in [0.3, 0.4) is 0 Å². The molecule has 1 unspecified atom stereocenters. The summed E-state index contributed by atoms with van der Waals surface area (Å²) in [5, 5.41) is 5.54. The second kappa shape index (κ2) is 5.92. The molecule has 102 valence electrons. The third-order valence-electron chi connectivity index (χ3n) is 3.05. The molecule has 2 rings (SSSR count). The van der Waals surface area contributed by atoms with Crippen LogP contribution in [0, 0.1) is 6.92 Å². The van der Waals surface area contributed by atoms with Crippen molar-refractivity contribution >= 4 is 23.2 Å². The molecule has 4 nitrogen and oxygen atoms in total. The molecule has 0 aliphatic heterocycles. The van der Waals surface area contributed by atoms with Gasteiger partial charge < -0.3 is 0 Å². The van der Waals surface area contributed by atoms with E-state index < -0.39 is 0 Å². The minimum absolute atomic E-state index is 0.0837. The molecule has 1 aromatic heterocycles. The lowest BCUT2D eigenvalue weighted by molar-refractivity contribution is 0.530. The van der Waals surface area contributed by atoms with Gasteiger partial charge in [-0.15, -0.1) is 0 Å². The van der Waals surface area contributed by atoms with Crippen LogP contribution in [0.1, 0.15) is 23.0 Å². The average Bonchev–Trinajstić information content (AvgIpc) is 2.65. The van der Waals surface area contributed by atoms with Gasteiger partial charge in [0, 0.05) is 29.2 Å². The van der Waals surface area contributed by atoms with Crippen molar-refractivity contribution < 1.29 is 0 Å². The normalized spacial score (nSPS) is 12.7. The molecule has 3 N–H and O–H groups in total. The van der Waals surface area contributed by atoms with Crippen LogP contribution in [0.15, 0.2) is 24.3 Å². The third-order valence-corrected chi connectivity index (χ3v) is 3.61. The van der Waals surface area contributed by atoms with Crippen molar-refractivity contribution in [1.29, 1.82) is 0 Å². The number of nitrogens with two attached hydrogens (primary N) is 1. The van der Waals surface area contributed by atoms with E-state index in [0.717, 1.165) is 17.0 Å². The van der Waals surface area contributed by atoms with Gasteiger partial charge >= 0.3 is 0 Å². The van der Waals surface area contributed by atoms with Crippen LogP contribution in [0.5, 0.6) is 0 Å². The highest BCUT2D eigenvalue weighted by Crippen LogP contribution is 2.28. The highest BCUT2D eigenvalue weighted by Gasteiger charge is 2.16. The molecule has 0 saturated heterocycles. The van der Waals surface area contributed by atoms with E-state index in [-0.39, 0.29) is 6.04 Å². The van der Waals surface area contributed by atoms with Gasteiger partial charge in [-0.3, -0.25) is 16.0 Å². The van der Waals surface area contributed by atoms with Gasteiger partial charge in [0.2, 0.25) is 0 Å². The molecule has 0 radical (unpaired) electrons. The molecule has 1 heterocycles. The molecular weight excluding hydrogens is 283 g/mol. The molecule has 0 aliphatic rings.